The zero-order chi connectivity index (χ0) is 13.0. The Balaban J connectivity index is 1.54. The van der Waals surface area contributed by atoms with Gasteiger partial charge in [0.15, 0.2) is 0 Å². The third kappa shape index (κ3) is 4.87. The second-order valence-electron chi connectivity index (χ2n) is 6.58. The van der Waals surface area contributed by atoms with E-state index in [1.807, 2.05) is 0 Å². The number of nitrogens with zero attached hydrogens (tertiary/aromatic N) is 2. The van der Waals surface area contributed by atoms with E-state index in [4.69, 9.17) is 0 Å². The molecule has 1 saturated carbocycles. The van der Waals surface area contributed by atoms with Crippen molar-refractivity contribution in [3.63, 3.8) is 0 Å². The molecule has 2 aliphatic rings. The SMILES string of the molecule is CC(CCCNC1CC1)N(C)CC1CCN(C)C1. The molecule has 2 fully saturated rings. The van der Waals surface area contributed by atoms with Crippen molar-refractivity contribution >= 4 is 0 Å². The quantitative estimate of drug-likeness (QED) is 0.665. The van der Waals surface area contributed by atoms with Crippen LogP contribution in [0.25, 0.3) is 0 Å². The minimum Gasteiger partial charge on any atom is -0.314 e. The van der Waals surface area contributed by atoms with Crippen molar-refractivity contribution in [2.45, 2.75) is 51.1 Å². The summed E-state index contributed by atoms with van der Waals surface area (Å²) in [6, 6.07) is 1.60. The molecule has 0 bridgehead atoms. The number of likely N-dealkylation sites (tertiary alicyclic amines) is 1. The van der Waals surface area contributed by atoms with Crippen LogP contribution in [0.5, 0.6) is 0 Å². The van der Waals surface area contributed by atoms with E-state index in [1.165, 1.54) is 58.3 Å². The van der Waals surface area contributed by atoms with Gasteiger partial charge in [-0.05, 0) is 72.1 Å². The molecule has 3 nitrogen and oxygen atoms in total. The minimum atomic E-state index is 0.733. The molecular weight excluding hydrogens is 222 g/mol. The summed E-state index contributed by atoms with van der Waals surface area (Å²) in [5.41, 5.74) is 0. The van der Waals surface area contributed by atoms with E-state index in [0.29, 0.717) is 0 Å². The normalized spacial score (nSPS) is 27.0. The standard InChI is InChI=1S/C15H31N3/c1-13(5-4-9-16-15-6-7-15)18(3)12-14-8-10-17(2)11-14/h13-16H,4-12H2,1-3H3. The second-order valence-corrected chi connectivity index (χ2v) is 6.58. The summed E-state index contributed by atoms with van der Waals surface area (Å²) in [5.74, 6) is 0.895. The zero-order valence-corrected chi connectivity index (χ0v) is 12.5. The number of rotatable bonds is 8. The summed E-state index contributed by atoms with van der Waals surface area (Å²) in [6.45, 7) is 7.46. The molecule has 1 aliphatic carbocycles. The Kier molecular flexibility index (Phi) is 5.46. The van der Waals surface area contributed by atoms with Gasteiger partial charge in [-0.25, -0.2) is 0 Å². The molecule has 0 aromatic rings. The molecule has 1 heterocycles. The van der Waals surface area contributed by atoms with Crippen molar-refractivity contribution in [2.24, 2.45) is 5.92 Å². The Hall–Kier alpha value is -0.120. The van der Waals surface area contributed by atoms with Gasteiger partial charge >= 0.3 is 0 Å². The van der Waals surface area contributed by atoms with E-state index >= 15 is 0 Å². The second kappa shape index (κ2) is 6.88. The molecule has 1 N–H and O–H groups in total. The molecule has 2 unspecified atom stereocenters. The fraction of sp³-hybridized carbons (Fsp3) is 1.00. The molecule has 0 aromatic heterocycles. The summed E-state index contributed by atoms with van der Waals surface area (Å²) < 4.78 is 0. The van der Waals surface area contributed by atoms with E-state index in [9.17, 15) is 0 Å². The predicted octanol–water partition coefficient (Wildman–Crippen LogP) is 1.79. The maximum Gasteiger partial charge on any atom is 0.00682 e. The topological polar surface area (TPSA) is 18.5 Å². The number of hydrogen-bond donors (Lipinski definition) is 1. The average molecular weight is 253 g/mol. The molecule has 106 valence electrons. The summed E-state index contributed by atoms with van der Waals surface area (Å²) in [6.07, 6.45) is 6.86. The van der Waals surface area contributed by atoms with Gasteiger partial charge in [0.25, 0.3) is 0 Å². The lowest BCUT2D eigenvalue weighted by molar-refractivity contribution is 0.207. The van der Waals surface area contributed by atoms with E-state index in [2.05, 4.69) is 36.1 Å². The van der Waals surface area contributed by atoms with Crippen LogP contribution < -0.4 is 5.32 Å². The van der Waals surface area contributed by atoms with Gasteiger partial charge in [0.05, 0.1) is 0 Å². The Bertz CT molecular complexity index is 240. The molecule has 2 rings (SSSR count). The van der Waals surface area contributed by atoms with Gasteiger partial charge in [-0.2, -0.15) is 0 Å². The van der Waals surface area contributed by atoms with Crippen LogP contribution in [-0.2, 0) is 0 Å². The van der Waals surface area contributed by atoms with Crippen LogP contribution in [0.15, 0.2) is 0 Å². The van der Waals surface area contributed by atoms with Crippen molar-refractivity contribution < 1.29 is 0 Å². The maximum atomic E-state index is 3.60. The number of nitrogens with one attached hydrogen (secondary N) is 1. The van der Waals surface area contributed by atoms with Gasteiger partial charge in [0.1, 0.15) is 0 Å². The van der Waals surface area contributed by atoms with Crippen LogP contribution in [0.3, 0.4) is 0 Å². The van der Waals surface area contributed by atoms with Crippen molar-refractivity contribution in [1.82, 2.24) is 15.1 Å². The summed E-state index contributed by atoms with van der Waals surface area (Å²) >= 11 is 0. The first-order valence-corrected chi connectivity index (χ1v) is 7.77. The molecule has 3 heteroatoms. The zero-order valence-electron chi connectivity index (χ0n) is 12.5. The van der Waals surface area contributed by atoms with Crippen molar-refractivity contribution in [3.05, 3.63) is 0 Å². The lowest BCUT2D eigenvalue weighted by Crippen LogP contribution is -2.35. The molecule has 1 aliphatic heterocycles. The van der Waals surface area contributed by atoms with Crippen LogP contribution in [0, 0.1) is 5.92 Å². The van der Waals surface area contributed by atoms with E-state index in [1.54, 1.807) is 0 Å². The summed E-state index contributed by atoms with van der Waals surface area (Å²) in [7, 11) is 4.55. The fourth-order valence-electron chi connectivity index (χ4n) is 2.97. The molecule has 2 atom stereocenters. The first kappa shape index (κ1) is 14.3. The maximum absolute atomic E-state index is 3.60. The lowest BCUT2D eigenvalue weighted by atomic mass is 10.1. The molecule has 0 amide bonds. The van der Waals surface area contributed by atoms with Gasteiger partial charge < -0.3 is 15.1 Å². The van der Waals surface area contributed by atoms with E-state index in [0.717, 1.165) is 18.0 Å². The fourth-order valence-corrected chi connectivity index (χ4v) is 2.97. The molecule has 18 heavy (non-hydrogen) atoms. The average Bonchev–Trinajstić information content (AvgIpc) is 3.08. The number of hydrogen-bond acceptors (Lipinski definition) is 3. The van der Waals surface area contributed by atoms with Crippen molar-refractivity contribution in [2.75, 3.05) is 40.3 Å². The summed E-state index contributed by atoms with van der Waals surface area (Å²) in [4.78, 5) is 5.03. The molecular formula is C15H31N3. The Labute approximate surface area is 113 Å². The first-order chi connectivity index (χ1) is 8.65. The molecule has 0 spiro atoms. The van der Waals surface area contributed by atoms with E-state index in [-0.39, 0.29) is 0 Å². The van der Waals surface area contributed by atoms with Crippen molar-refractivity contribution in [1.29, 1.82) is 0 Å². The molecule has 0 radical (unpaired) electrons. The van der Waals surface area contributed by atoms with Crippen LogP contribution in [0.4, 0.5) is 0 Å². The highest BCUT2D eigenvalue weighted by Gasteiger charge is 2.22. The highest BCUT2D eigenvalue weighted by atomic mass is 15.2. The van der Waals surface area contributed by atoms with Crippen molar-refractivity contribution in [3.8, 4) is 0 Å². The predicted molar refractivity (Wildman–Crippen MR) is 78.0 cm³/mol. The van der Waals surface area contributed by atoms with Gasteiger partial charge in [-0.15, -0.1) is 0 Å². The Morgan fingerprint density at radius 2 is 2.11 bits per heavy atom. The minimum absolute atomic E-state index is 0.733. The highest BCUT2D eigenvalue weighted by Crippen LogP contribution is 2.19. The van der Waals surface area contributed by atoms with Gasteiger partial charge in [0.2, 0.25) is 0 Å². The third-order valence-corrected chi connectivity index (χ3v) is 4.60. The highest BCUT2D eigenvalue weighted by molar-refractivity contribution is 4.81. The van der Waals surface area contributed by atoms with Crippen LogP contribution in [0.1, 0.15) is 39.0 Å². The lowest BCUT2D eigenvalue weighted by Gasteiger charge is -2.27. The largest absolute Gasteiger partial charge is 0.314 e. The Morgan fingerprint density at radius 1 is 1.33 bits per heavy atom. The monoisotopic (exact) mass is 253 g/mol. The van der Waals surface area contributed by atoms with Crippen LogP contribution in [-0.4, -0.2) is 62.2 Å². The smallest absolute Gasteiger partial charge is 0.00682 e. The van der Waals surface area contributed by atoms with E-state index < -0.39 is 0 Å². The van der Waals surface area contributed by atoms with Gasteiger partial charge in [0, 0.05) is 25.2 Å². The van der Waals surface area contributed by atoms with Gasteiger partial charge in [-0.1, -0.05) is 0 Å². The first-order valence-electron chi connectivity index (χ1n) is 7.77. The Morgan fingerprint density at radius 3 is 2.72 bits per heavy atom. The van der Waals surface area contributed by atoms with Gasteiger partial charge in [-0.3, -0.25) is 0 Å². The molecule has 0 aromatic carbocycles. The van der Waals surface area contributed by atoms with Crippen LogP contribution in [0.2, 0.25) is 0 Å². The van der Waals surface area contributed by atoms with Crippen LogP contribution >= 0.6 is 0 Å². The summed E-state index contributed by atoms with van der Waals surface area (Å²) in [5, 5.41) is 3.60. The molecule has 1 saturated heterocycles. The third-order valence-electron chi connectivity index (χ3n) is 4.60.